The van der Waals surface area contributed by atoms with Gasteiger partial charge in [0.05, 0.1) is 18.2 Å². The molecule has 4 amide bonds. The molecule has 15 heteroatoms. The maximum Gasteiger partial charge on any atom is 0.273 e. The molecular weight excluding hydrogens is 634 g/mol. The number of carbonyl (C=O) groups excluding carboxylic acids is 4. The lowest BCUT2D eigenvalue weighted by Gasteiger charge is -2.29. The average molecular weight is 670 g/mol. The third kappa shape index (κ3) is 7.41. The van der Waals surface area contributed by atoms with Gasteiger partial charge in [-0.05, 0) is 43.4 Å². The number of hydrogen-bond donors (Lipinski definition) is 3. The molecule has 4 aromatic heterocycles. The molecule has 5 aromatic rings. The Morgan fingerprint density at radius 1 is 1.02 bits per heavy atom. The van der Waals surface area contributed by atoms with Gasteiger partial charge in [-0.25, -0.2) is 9.97 Å². The molecule has 0 aliphatic carbocycles. The molecule has 0 spiro atoms. The van der Waals surface area contributed by atoms with Gasteiger partial charge in [0.1, 0.15) is 29.3 Å². The summed E-state index contributed by atoms with van der Waals surface area (Å²) in [4.78, 5) is 65.0. The van der Waals surface area contributed by atoms with Gasteiger partial charge in [-0.1, -0.05) is 44.2 Å². The van der Waals surface area contributed by atoms with Gasteiger partial charge in [0, 0.05) is 24.2 Å². The summed E-state index contributed by atoms with van der Waals surface area (Å²) in [5.41, 5.74) is 1.72. The highest BCUT2D eigenvalue weighted by Crippen LogP contribution is 2.24. The molecule has 0 saturated heterocycles. The van der Waals surface area contributed by atoms with Crippen LogP contribution in [0.1, 0.15) is 87.1 Å². The van der Waals surface area contributed by atoms with E-state index in [9.17, 15) is 19.2 Å². The van der Waals surface area contributed by atoms with Crippen LogP contribution >= 0.6 is 11.3 Å². The van der Waals surface area contributed by atoms with Crippen molar-refractivity contribution in [1.29, 1.82) is 0 Å². The molecule has 1 aromatic carbocycles. The second-order valence-electron chi connectivity index (χ2n) is 12.1. The Labute approximate surface area is 280 Å². The van der Waals surface area contributed by atoms with Crippen LogP contribution in [-0.2, 0) is 11.2 Å². The van der Waals surface area contributed by atoms with Crippen molar-refractivity contribution in [3.05, 3.63) is 100 Å². The number of thiazole rings is 1. The number of fused-ring (bicyclic) bond motifs is 5. The first-order valence-electron chi connectivity index (χ1n) is 15.6. The molecule has 3 N–H and O–H groups in total. The molecule has 48 heavy (non-hydrogen) atoms. The predicted octanol–water partition coefficient (Wildman–Crippen LogP) is 3.37. The largest absolute Gasteiger partial charge is 0.446 e. The van der Waals surface area contributed by atoms with E-state index in [1.165, 1.54) is 28.8 Å². The van der Waals surface area contributed by atoms with Crippen LogP contribution < -0.4 is 16.0 Å². The smallest absolute Gasteiger partial charge is 0.273 e. The van der Waals surface area contributed by atoms with Gasteiger partial charge in [0.2, 0.25) is 11.8 Å². The minimum Gasteiger partial charge on any atom is -0.446 e. The van der Waals surface area contributed by atoms with Crippen molar-refractivity contribution >= 4 is 40.6 Å². The number of aromatic nitrogens is 5. The summed E-state index contributed by atoms with van der Waals surface area (Å²) in [6.45, 7) is 5.39. The summed E-state index contributed by atoms with van der Waals surface area (Å²) in [5, 5.41) is 19.1. The van der Waals surface area contributed by atoms with E-state index in [2.05, 4.69) is 36.1 Å². The standard InChI is InChI=1S/C33H35N9O5S/c1-19(2)12-22-14-42(33(46)23-10-7-11-41-18-34-40-28(23)41)15-27(43)37-24(13-21-8-5-4-6-9-21)32-39-26(17-48-32)30(45)35-20(3)31-38-25(16-47-31)29(44)36-22/h4-11,16-20,22,24H,12-15H2,1-3H3,(H,35,45)(H,36,44)(H,37,43)/t20-,22-,24-/m1/s1. The molecule has 1 aliphatic heterocycles. The molecule has 0 unspecified atom stereocenters. The first kappa shape index (κ1) is 32.5. The second kappa shape index (κ2) is 14.1. The summed E-state index contributed by atoms with van der Waals surface area (Å²) < 4.78 is 7.20. The number of rotatable bonds is 5. The van der Waals surface area contributed by atoms with E-state index in [0.29, 0.717) is 23.5 Å². The maximum absolute atomic E-state index is 14.2. The van der Waals surface area contributed by atoms with Crippen molar-refractivity contribution in [3.8, 4) is 0 Å². The van der Waals surface area contributed by atoms with Gasteiger partial charge in [-0.15, -0.1) is 21.5 Å². The lowest BCUT2D eigenvalue weighted by atomic mass is 10.0. The molecule has 5 heterocycles. The minimum absolute atomic E-state index is 0.0181. The van der Waals surface area contributed by atoms with Crippen LogP contribution in [0.4, 0.5) is 0 Å². The van der Waals surface area contributed by atoms with Gasteiger partial charge in [-0.3, -0.25) is 23.6 Å². The van der Waals surface area contributed by atoms with Crippen molar-refractivity contribution in [2.24, 2.45) is 5.92 Å². The van der Waals surface area contributed by atoms with E-state index in [1.807, 2.05) is 44.2 Å². The van der Waals surface area contributed by atoms with Gasteiger partial charge < -0.3 is 25.3 Å². The summed E-state index contributed by atoms with van der Waals surface area (Å²) >= 11 is 1.25. The van der Waals surface area contributed by atoms with Crippen LogP contribution in [0, 0.1) is 5.92 Å². The van der Waals surface area contributed by atoms with E-state index in [0.717, 1.165) is 5.56 Å². The lowest BCUT2D eigenvalue weighted by Crippen LogP contribution is -2.50. The van der Waals surface area contributed by atoms with E-state index >= 15 is 0 Å². The van der Waals surface area contributed by atoms with Crippen LogP contribution in [0.15, 0.2) is 71.0 Å². The van der Waals surface area contributed by atoms with Crippen LogP contribution in [0.3, 0.4) is 0 Å². The third-order valence-electron chi connectivity index (χ3n) is 7.85. The molecule has 6 rings (SSSR count). The van der Waals surface area contributed by atoms with Gasteiger partial charge in [0.25, 0.3) is 17.7 Å². The molecule has 4 bridgehead atoms. The first-order chi connectivity index (χ1) is 23.1. The van der Waals surface area contributed by atoms with E-state index in [1.54, 1.807) is 35.0 Å². The van der Waals surface area contributed by atoms with Crippen LogP contribution in [-0.4, -0.2) is 72.2 Å². The fourth-order valence-corrected chi connectivity index (χ4v) is 6.47. The number of pyridine rings is 1. The fraction of sp³-hybridized carbons (Fsp3) is 0.333. The Bertz CT molecular complexity index is 1940. The zero-order valence-corrected chi connectivity index (χ0v) is 27.4. The topological polar surface area (TPSA) is 177 Å². The Hall–Kier alpha value is -5.44. The highest BCUT2D eigenvalue weighted by Gasteiger charge is 2.30. The summed E-state index contributed by atoms with van der Waals surface area (Å²) in [7, 11) is 0. The number of amides is 4. The Morgan fingerprint density at radius 3 is 2.60 bits per heavy atom. The summed E-state index contributed by atoms with van der Waals surface area (Å²) in [6, 6.07) is 11.1. The second-order valence-corrected chi connectivity index (χ2v) is 13.0. The van der Waals surface area contributed by atoms with Gasteiger partial charge in [-0.2, -0.15) is 0 Å². The normalized spacial score (nSPS) is 19.4. The van der Waals surface area contributed by atoms with Crippen molar-refractivity contribution in [2.75, 3.05) is 13.1 Å². The molecule has 1 aliphatic rings. The first-order valence-corrected chi connectivity index (χ1v) is 16.5. The zero-order valence-electron chi connectivity index (χ0n) is 26.6. The molecule has 0 fully saturated rings. The third-order valence-corrected chi connectivity index (χ3v) is 8.81. The Morgan fingerprint density at radius 2 is 1.81 bits per heavy atom. The quantitative estimate of drug-likeness (QED) is 0.253. The van der Waals surface area contributed by atoms with Crippen molar-refractivity contribution in [1.82, 2.24) is 45.4 Å². The summed E-state index contributed by atoms with van der Waals surface area (Å²) in [6.07, 6.45) is 5.34. The molecular formula is C33H35N9O5S. The van der Waals surface area contributed by atoms with Crippen molar-refractivity contribution < 1.29 is 23.6 Å². The molecule has 0 radical (unpaired) electrons. The van der Waals surface area contributed by atoms with E-state index < -0.39 is 41.8 Å². The van der Waals surface area contributed by atoms with Crippen LogP contribution in [0.5, 0.6) is 0 Å². The highest BCUT2D eigenvalue weighted by atomic mass is 32.1. The predicted molar refractivity (Wildman–Crippen MR) is 175 cm³/mol. The van der Waals surface area contributed by atoms with Gasteiger partial charge in [0.15, 0.2) is 11.3 Å². The number of hydrogen-bond acceptors (Lipinski definition) is 10. The van der Waals surface area contributed by atoms with Crippen LogP contribution in [0.2, 0.25) is 0 Å². The lowest BCUT2D eigenvalue weighted by molar-refractivity contribution is -0.122. The average Bonchev–Trinajstić information content (AvgIpc) is 3.85. The summed E-state index contributed by atoms with van der Waals surface area (Å²) in [5.74, 6) is -1.58. The fourth-order valence-electron chi connectivity index (χ4n) is 5.62. The van der Waals surface area contributed by atoms with E-state index in [-0.39, 0.29) is 41.8 Å². The SMILES string of the molecule is CC(C)C[C@@H]1CN(C(=O)c2cccn3cnnc23)CC(=O)N[C@H](Cc2ccccc2)c2nc(cs2)C(=O)N[C@H](C)c2nc(co2)C(=O)N1. The minimum atomic E-state index is -0.664. The van der Waals surface area contributed by atoms with Gasteiger partial charge >= 0.3 is 0 Å². The number of benzene rings is 1. The number of oxazole rings is 1. The van der Waals surface area contributed by atoms with Crippen LogP contribution in [0.25, 0.3) is 5.65 Å². The van der Waals surface area contributed by atoms with Crippen molar-refractivity contribution in [2.45, 2.75) is 51.7 Å². The number of nitrogens with one attached hydrogen (secondary N) is 3. The number of nitrogens with zero attached hydrogens (tertiary/aromatic N) is 6. The Kier molecular flexibility index (Phi) is 9.57. The monoisotopic (exact) mass is 669 g/mol. The molecule has 14 nitrogen and oxygen atoms in total. The maximum atomic E-state index is 14.2. The Balaban J connectivity index is 1.39. The number of carbonyl (C=O) groups is 4. The highest BCUT2D eigenvalue weighted by molar-refractivity contribution is 7.09. The zero-order chi connectivity index (χ0) is 33.8. The molecule has 3 atom stereocenters. The molecule has 248 valence electrons. The molecule has 0 saturated carbocycles. The van der Waals surface area contributed by atoms with Crippen molar-refractivity contribution in [3.63, 3.8) is 0 Å². The van der Waals surface area contributed by atoms with E-state index in [4.69, 9.17) is 4.42 Å².